The summed E-state index contributed by atoms with van der Waals surface area (Å²) in [5.41, 5.74) is 5.36. The van der Waals surface area contributed by atoms with Crippen molar-refractivity contribution in [2.75, 3.05) is 13.1 Å². The molecule has 1 heterocycles. The molecule has 0 bridgehead atoms. The monoisotopic (exact) mass is 284 g/mol. The average molecular weight is 284 g/mol. The second kappa shape index (κ2) is 7.87. The Morgan fingerprint density at radius 3 is 2.70 bits per heavy atom. The van der Waals surface area contributed by atoms with Crippen LogP contribution in [0.2, 0.25) is 0 Å². The standard InChI is InChI=1S/C16H32N2O2/c1-13(17)8-5-6-9-14-10-7-11-18(12-14)15(19)20-16(2,3)4/h13-14H,5-12,17H2,1-4H3/t13-,14?/m0/s1. The van der Waals surface area contributed by atoms with E-state index in [1.54, 1.807) is 0 Å². The summed E-state index contributed by atoms with van der Waals surface area (Å²) in [6.07, 6.45) is 6.89. The number of amides is 1. The van der Waals surface area contributed by atoms with Crippen LogP contribution in [0, 0.1) is 5.92 Å². The number of nitrogens with two attached hydrogens (primary N) is 1. The Labute approximate surface area is 124 Å². The maximum absolute atomic E-state index is 12.1. The molecule has 2 N–H and O–H groups in total. The molecular formula is C16H32N2O2. The van der Waals surface area contributed by atoms with Crippen LogP contribution in [0.1, 0.15) is 66.2 Å². The van der Waals surface area contributed by atoms with Crippen molar-refractivity contribution in [2.45, 2.75) is 77.9 Å². The van der Waals surface area contributed by atoms with Crippen molar-refractivity contribution in [3.63, 3.8) is 0 Å². The van der Waals surface area contributed by atoms with Crippen LogP contribution < -0.4 is 5.73 Å². The summed E-state index contributed by atoms with van der Waals surface area (Å²) in [5, 5.41) is 0. The SMILES string of the molecule is C[C@H](N)CCCCC1CCCN(C(=O)OC(C)(C)C)C1. The van der Waals surface area contributed by atoms with Gasteiger partial charge in [-0.2, -0.15) is 0 Å². The van der Waals surface area contributed by atoms with Crippen LogP contribution in [0.4, 0.5) is 4.79 Å². The van der Waals surface area contributed by atoms with E-state index >= 15 is 0 Å². The lowest BCUT2D eigenvalue weighted by molar-refractivity contribution is 0.0160. The Morgan fingerprint density at radius 1 is 1.40 bits per heavy atom. The fraction of sp³-hybridized carbons (Fsp3) is 0.938. The average Bonchev–Trinajstić information content (AvgIpc) is 2.33. The molecule has 0 aromatic carbocycles. The zero-order valence-corrected chi connectivity index (χ0v) is 13.7. The van der Waals surface area contributed by atoms with Crippen molar-refractivity contribution in [3.05, 3.63) is 0 Å². The molecule has 1 aliphatic rings. The smallest absolute Gasteiger partial charge is 0.410 e. The van der Waals surface area contributed by atoms with Gasteiger partial charge in [-0.05, 0) is 59.3 Å². The molecule has 0 aliphatic carbocycles. The van der Waals surface area contributed by atoms with E-state index in [-0.39, 0.29) is 6.09 Å². The normalized spacial score (nSPS) is 21.6. The van der Waals surface area contributed by atoms with E-state index in [2.05, 4.69) is 6.92 Å². The highest BCUT2D eigenvalue weighted by molar-refractivity contribution is 5.68. The van der Waals surface area contributed by atoms with Crippen LogP contribution in [-0.4, -0.2) is 35.7 Å². The summed E-state index contributed by atoms with van der Waals surface area (Å²) in [7, 11) is 0. The molecule has 1 aliphatic heterocycles. The quantitative estimate of drug-likeness (QED) is 0.786. The summed E-state index contributed by atoms with van der Waals surface area (Å²) in [6.45, 7) is 9.50. The molecule has 1 rings (SSSR count). The second-order valence-corrected chi connectivity index (χ2v) is 7.20. The van der Waals surface area contributed by atoms with Crippen LogP contribution in [0.3, 0.4) is 0 Å². The molecule has 0 spiro atoms. The highest BCUT2D eigenvalue weighted by Crippen LogP contribution is 2.23. The first-order valence-corrected chi connectivity index (χ1v) is 8.01. The number of piperidine rings is 1. The molecule has 4 heteroatoms. The van der Waals surface area contributed by atoms with Crippen molar-refractivity contribution in [1.82, 2.24) is 4.90 Å². The zero-order chi connectivity index (χ0) is 15.2. The van der Waals surface area contributed by atoms with Crippen molar-refractivity contribution < 1.29 is 9.53 Å². The minimum absolute atomic E-state index is 0.155. The Morgan fingerprint density at radius 2 is 2.10 bits per heavy atom. The molecule has 0 aromatic rings. The maximum atomic E-state index is 12.1. The summed E-state index contributed by atoms with van der Waals surface area (Å²) in [6, 6.07) is 0.305. The number of rotatable bonds is 5. The van der Waals surface area contributed by atoms with Crippen molar-refractivity contribution in [2.24, 2.45) is 11.7 Å². The predicted octanol–water partition coefficient (Wildman–Crippen LogP) is 3.54. The van der Waals surface area contributed by atoms with Gasteiger partial charge in [-0.3, -0.25) is 0 Å². The van der Waals surface area contributed by atoms with E-state index in [0.717, 1.165) is 25.9 Å². The summed E-state index contributed by atoms with van der Waals surface area (Å²) in [5.74, 6) is 0.629. The van der Waals surface area contributed by atoms with Gasteiger partial charge in [0.1, 0.15) is 5.60 Å². The minimum atomic E-state index is -0.401. The van der Waals surface area contributed by atoms with Gasteiger partial charge in [-0.1, -0.05) is 12.8 Å². The molecule has 1 saturated heterocycles. The lowest BCUT2D eigenvalue weighted by Gasteiger charge is -2.34. The fourth-order valence-electron chi connectivity index (χ4n) is 2.69. The third kappa shape index (κ3) is 7.13. The highest BCUT2D eigenvalue weighted by Gasteiger charge is 2.27. The Kier molecular flexibility index (Phi) is 6.80. The molecule has 0 aromatic heterocycles. The maximum Gasteiger partial charge on any atom is 0.410 e. The summed E-state index contributed by atoms with van der Waals surface area (Å²) < 4.78 is 5.45. The first-order chi connectivity index (χ1) is 9.28. The highest BCUT2D eigenvalue weighted by atomic mass is 16.6. The van der Waals surface area contributed by atoms with Gasteiger partial charge in [0.2, 0.25) is 0 Å². The lowest BCUT2D eigenvalue weighted by Crippen LogP contribution is -2.42. The van der Waals surface area contributed by atoms with Gasteiger partial charge in [-0.15, -0.1) is 0 Å². The molecule has 118 valence electrons. The van der Waals surface area contributed by atoms with Crippen LogP contribution >= 0.6 is 0 Å². The van der Waals surface area contributed by atoms with E-state index in [0.29, 0.717) is 12.0 Å². The van der Waals surface area contributed by atoms with Crippen LogP contribution in [0.25, 0.3) is 0 Å². The Hall–Kier alpha value is -0.770. The largest absolute Gasteiger partial charge is 0.444 e. The minimum Gasteiger partial charge on any atom is -0.444 e. The topological polar surface area (TPSA) is 55.6 Å². The van der Waals surface area contributed by atoms with E-state index in [1.165, 1.54) is 25.7 Å². The molecule has 1 fully saturated rings. The van der Waals surface area contributed by atoms with Crippen LogP contribution in [-0.2, 0) is 4.74 Å². The zero-order valence-electron chi connectivity index (χ0n) is 13.7. The summed E-state index contributed by atoms with van der Waals surface area (Å²) >= 11 is 0. The van der Waals surface area contributed by atoms with Crippen LogP contribution in [0.5, 0.6) is 0 Å². The number of ether oxygens (including phenoxy) is 1. The van der Waals surface area contributed by atoms with Crippen molar-refractivity contribution in [1.29, 1.82) is 0 Å². The Balaban J connectivity index is 2.29. The summed E-state index contributed by atoms with van der Waals surface area (Å²) in [4.78, 5) is 13.9. The number of hydrogen-bond acceptors (Lipinski definition) is 3. The number of hydrogen-bond donors (Lipinski definition) is 1. The third-order valence-electron chi connectivity index (χ3n) is 3.69. The van der Waals surface area contributed by atoms with Crippen LogP contribution in [0.15, 0.2) is 0 Å². The van der Waals surface area contributed by atoms with Gasteiger partial charge in [0.25, 0.3) is 0 Å². The predicted molar refractivity (Wildman–Crippen MR) is 82.6 cm³/mol. The Bertz CT molecular complexity index is 297. The first-order valence-electron chi connectivity index (χ1n) is 8.01. The fourth-order valence-corrected chi connectivity index (χ4v) is 2.69. The van der Waals surface area contributed by atoms with Crippen molar-refractivity contribution in [3.8, 4) is 0 Å². The van der Waals surface area contributed by atoms with Gasteiger partial charge >= 0.3 is 6.09 Å². The number of unbranched alkanes of at least 4 members (excludes halogenated alkanes) is 1. The molecule has 4 nitrogen and oxygen atoms in total. The van der Waals surface area contributed by atoms with Gasteiger partial charge < -0.3 is 15.4 Å². The second-order valence-electron chi connectivity index (χ2n) is 7.20. The number of likely N-dealkylation sites (tertiary alicyclic amines) is 1. The molecule has 1 unspecified atom stereocenters. The number of carbonyl (C=O) groups is 1. The number of carbonyl (C=O) groups excluding carboxylic acids is 1. The van der Waals surface area contributed by atoms with Gasteiger partial charge in [0.05, 0.1) is 0 Å². The molecule has 0 saturated carbocycles. The molecule has 0 radical (unpaired) electrons. The van der Waals surface area contributed by atoms with Gasteiger partial charge in [-0.25, -0.2) is 4.79 Å². The van der Waals surface area contributed by atoms with E-state index in [9.17, 15) is 4.79 Å². The number of nitrogens with zero attached hydrogens (tertiary/aromatic N) is 1. The van der Waals surface area contributed by atoms with Gasteiger partial charge in [0.15, 0.2) is 0 Å². The van der Waals surface area contributed by atoms with Crippen molar-refractivity contribution >= 4 is 6.09 Å². The van der Waals surface area contributed by atoms with E-state index < -0.39 is 5.60 Å². The molecule has 1 amide bonds. The lowest BCUT2D eigenvalue weighted by atomic mass is 9.92. The van der Waals surface area contributed by atoms with E-state index in [4.69, 9.17) is 10.5 Å². The molecule has 20 heavy (non-hydrogen) atoms. The first kappa shape index (κ1) is 17.3. The van der Waals surface area contributed by atoms with E-state index in [1.807, 2.05) is 25.7 Å². The molecule has 2 atom stereocenters. The molecular weight excluding hydrogens is 252 g/mol. The third-order valence-corrected chi connectivity index (χ3v) is 3.69. The van der Waals surface area contributed by atoms with Gasteiger partial charge in [0, 0.05) is 19.1 Å².